The van der Waals surface area contributed by atoms with Crippen molar-refractivity contribution in [1.82, 2.24) is 9.47 Å². The van der Waals surface area contributed by atoms with E-state index in [1.807, 2.05) is 16.7 Å². The number of nitrogens with zero attached hydrogens (tertiary/aromatic N) is 3. The Morgan fingerprint density at radius 3 is 2.53 bits per heavy atom. The van der Waals surface area contributed by atoms with Crippen LogP contribution in [0.2, 0.25) is 0 Å². The summed E-state index contributed by atoms with van der Waals surface area (Å²) in [7, 11) is 1.40. The highest BCUT2D eigenvalue weighted by atomic mass is 16.7. The molecule has 4 rings (SSSR count). The minimum atomic E-state index is -1.49. The van der Waals surface area contributed by atoms with Crippen LogP contribution in [0, 0.1) is 0 Å². The van der Waals surface area contributed by atoms with Gasteiger partial charge in [0.25, 0.3) is 0 Å². The Kier molecular flexibility index (Phi) is 5.63. The van der Waals surface area contributed by atoms with Crippen LogP contribution in [0.5, 0.6) is 5.75 Å². The molecule has 1 aliphatic carbocycles. The number of hydrogen-bond donors (Lipinski definition) is 1. The zero-order valence-electron chi connectivity index (χ0n) is 16.9. The number of carboxylic acid groups (broad SMARTS) is 1. The first kappa shape index (κ1) is 20.2. The lowest BCUT2D eigenvalue weighted by atomic mass is 10.1. The Hall–Kier alpha value is -3.07. The lowest BCUT2D eigenvalue weighted by molar-refractivity contribution is -0.141. The van der Waals surface area contributed by atoms with E-state index in [0.717, 1.165) is 50.2 Å². The largest absolute Gasteiger partial charge is 0.511 e. The molecule has 2 aliphatic rings. The van der Waals surface area contributed by atoms with Crippen molar-refractivity contribution in [2.75, 3.05) is 44.7 Å². The van der Waals surface area contributed by atoms with Crippen molar-refractivity contribution >= 4 is 28.7 Å². The molecular formula is C21H25N3O6. The molecule has 0 atom stereocenters. The molecule has 1 aromatic heterocycles. The average molecular weight is 415 g/mol. The second kappa shape index (κ2) is 8.35. The summed E-state index contributed by atoms with van der Waals surface area (Å²) < 4.78 is 11.4. The van der Waals surface area contributed by atoms with E-state index in [0.29, 0.717) is 18.4 Å². The molecule has 1 aromatic carbocycles. The lowest BCUT2D eigenvalue weighted by Gasteiger charge is -2.36. The van der Waals surface area contributed by atoms with Crippen LogP contribution in [0.4, 0.5) is 10.5 Å². The third kappa shape index (κ3) is 4.25. The minimum absolute atomic E-state index is 0.158. The van der Waals surface area contributed by atoms with Crippen LogP contribution in [-0.2, 0) is 9.53 Å². The van der Waals surface area contributed by atoms with E-state index < -0.39 is 11.6 Å². The molecule has 0 amide bonds. The maximum absolute atomic E-state index is 12.7. The first-order valence-corrected chi connectivity index (χ1v) is 10.1. The van der Waals surface area contributed by atoms with Gasteiger partial charge >= 0.3 is 12.1 Å². The maximum atomic E-state index is 12.7. The second-order valence-electron chi connectivity index (χ2n) is 7.69. The topological polar surface area (TPSA) is 101 Å². The first-order valence-electron chi connectivity index (χ1n) is 10.1. The van der Waals surface area contributed by atoms with E-state index >= 15 is 0 Å². The van der Waals surface area contributed by atoms with Gasteiger partial charge in [-0.2, -0.15) is 0 Å². The van der Waals surface area contributed by atoms with Gasteiger partial charge in [0.05, 0.1) is 25.2 Å². The molecule has 1 saturated carbocycles. The summed E-state index contributed by atoms with van der Waals surface area (Å²) in [4.78, 5) is 39.5. The number of anilines is 1. The number of piperazine rings is 1. The monoisotopic (exact) mass is 415 g/mol. The van der Waals surface area contributed by atoms with Gasteiger partial charge in [-0.1, -0.05) is 0 Å². The van der Waals surface area contributed by atoms with Gasteiger partial charge in [0.15, 0.2) is 5.75 Å². The molecule has 2 aromatic rings. The number of esters is 1. The fourth-order valence-electron chi connectivity index (χ4n) is 3.91. The first-order chi connectivity index (χ1) is 14.5. The molecule has 0 unspecified atom stereocenters. The van der Waals surface area contributed by atoms with Crippen molar-refractivity contribution in [1.29, 1.82) is 0 Å². The number of rotatable bonds is 6. The third-order valence-corrected chi connectivity index (χ3v) is 5.72. The zero-order valence-corrected chi connectivity index (χ0v) is 16.9. The van der Waals surface area contributed by atoms with Gasteiger partial charge in [-0.15, -0.1) is 0 Å². The van der Waals surface area contributed by atoms with E-state index in [4.69, 9.17) is 14.6 Å². The SMILES string of the molecule is COC(=O)CCN1CCN(c2ccc3c(=O)c(OC(=O)O)cn(C4CC4)c3c2)CC1. The van der Waals surface area contributed by atoms with Crippen LogP contribution in [0.15, 0.2) is 29.2 Å². The number of pyridine rings is 1. The van der Waals surface area contributed by atoms with Gasteiger partial charge in [-0.25, -0.2) is 4.79 Å². The molecule has 1 saturated heterocycles. The smallest absolute Gasteiger partial charge is 0.469 e. The molecule has 0 bridgehead atoms. The van der Waals surface area contributed by atoms with Crippen LogP contribution < -0.4 is 15.1 Å². The number of aromatic nitrogens is 1. The lowest BCUT2D eigenvalue weighted by Crippen LogP contribution is -2.47. The molecule has 1 N–H and O–H groups in total. The Bertz CT molecular complexity index is 1020. The van der Waals surface area contributed by atoms with Crippen molar-refractivity contribution in [2.45, 2.75) is 25.3 Å². The van der Waals surface area contributed by atoms with Gasteiger partial charge in [0, 0.05) is 49.8 Å². The number of benzene rings is 1. The zero-order chi connectivity index (χ0) is 21.3. The second-order valence-corrected chi connectivity index (χ2v) is 7.69. The molecule has 160 valence electrons. The van der Waals surface area contributed by atoms with Gasteiger partial charge in [0.1, 0.15) is 0 Å². The summed E-state index contributed by atoms with van der Waals surface area (Å²) in [5.41, 5.74) is 1.41. The van der Waals surface area contributed by atoms with Crippen molar-refractivity contribution in [2.24, 2.45) is 0 Å². The number of carbonyl (C=O) groups excluding carboxylic acids is 1. The standard InChI is InChI=1S/C21H25N3O6/c1-29-19(25)6-7-22-8-10-23(11-9-22)15-4-5-16-17(12-15)24(14-2-3-14)13-18(20(16)26)30-21(27)28/h4-5,12-14H,2-3,6-11H2,1H3,(H,27,28). The molecule has 30 heavy (non-hydrogen) atoms. The summed E-state index contributed by atoms with van der Waals surface area (Å²) >= 11 is 0. The van der Waals surface area contributed by atoms with E-state index in [2.05, 4.69) is 9.80 Å². The quantitative estimate of drug-likeness (QED) is 0.716. The Morgan fingerprint density at radius 1 is 1.17 bits per heavy atom. The predicted molar refractivity (Wildman–Crippen MR) is 110 cm³/mol. The van der Waals surface area contributed by atoms with Gasteiger partial charge in [-0.05, 0) is 31.0 Å². The van der Waals surface area contributed by atoms with Crippen LogP contribution in [0.3, 0.4) is 0 Å². The summed E-state index contributed by atoms with van der Waals surface area (Å²) in [6, 6.07) is 5.92. The number of ether oxygens (including phenoxy) is 2. The number of hydrogen-bond acceptors (Lipinski definition) is 7. The van der Waals surface area contributed by atoms with E-state index in [9.17, 15) is 14.4 Å². The van der Waals surface area contributed by atoms with E-state index in [-0.39, 0.29) is 17.8 Å². The molecule has 9 heteroatoms. The number of fused-ring (bicyclic) bond motifs is 1. The number of carbonyl (C=O) groups is 2. The molecule has 1 aliphatic heterocycles. The van der Waals surface area contributed by atoms with Crippen molar-refractivity contribution in [3.63, 3.8) is 0 Å². The molecule has 0 radical (unpaired) electrons. The van der Waals surface area contributed by atoms with Crippen LogP contribution in [0.25, 0.3) is 10.9 Å². The number of methoxy groups -OCH3 is 1. The van der Waals surface area contributed by atoms with E-state index in [1.165, 1.54) is 13.3 Å². The Morgan fingerprint density at radius 2 is 1.90 bits per heavy atom. The molecule has 2 fully saturated rings. The molecule has 2 heterocycles. The van der Waals surface area contributed by atoms with Gasteiger partial charge in [-0.3, -0.25) is 14.5 Å². The van der Waals surface area contributed by atoms with Crippen LogP contribution in [-0.4, -0.2) is 66.5 Å². The summed E-state index contributed by atoms with van der Waals surface area (Å²) in [6.07, 6.45) is 2.41. The highest BCUT2D eigenvalue weighted by molar-refractivity contribution is 5.84. The third-order valence-electron chi connectivity index (χ3n) is 5.72. The Labute approximate surface area is 173 Å². The molecule has 0 spiro atoms. The molecule has 9 nitrogen and oxygen atoms in total. The van der Waals surface area contributed by atoms with Crippen molar-refractivity contribution < 1.29 is 24.2 Å². The highest BCUT2D eigenvalue weighted by Crippen LogP contribution is 2.38. The van der Waals surface area contributed by atoms with Crippen molar-refractivity contribution in [3.05, 3.63) is 34.6 Å². The van der Waals surface area contributed by atoms with Gasteiger partial charge in [0.2, 0.25) is 5.43 Å². The minimum Gasteiger partial charge on any atom is -0.469 e. The van der Waals surface area contributed by atoms with Gasteiger partial charge < -0.3 is 24.0 Å². The fourth-order valence-corrected chi connectivity index (χ4v) is 3.91. The highest BCUT2D eigenvalue weighted by Gasteiger charge is 2.27. The summed E-state index contributed by atoms with van der Waals surface area (Å²) in [5.74, 6) is -0.356. The van der Waals surface area contributed by atoms with Crippen LogP contribution >= 0.6 is 0 Å². The van der Waals surface area contributed by atoms with Crippen molar-refractivity contribution in [3.8, 4) is 5.75 Å². The summed E-state index contributed by atoms with van der Waals surface area (Å²) in [6.45, 7) is 4.01. The fraction of sp³-hybridized carbons (Fsp3) is 0.476. The normalized spacial score (nSPS) is 17.2. The predicted octanol–water partition coefficient (Wildman–Crippen LogP) is 2.08. The Balaban J connectivity index is 1.55. The average Bonchev–Trinajstić information content (AvgIpc) is 3.59. The van der Waals surface area contributed by atoms with Crippen LogP contribution in [0.1, 0.15) is 25.3 Å². The molecular weight excluding hydrogens is 390 g/mol. The maximum Gasteiger partial charge on any atom is 0.511 e. The van der Waals surface area contributed by atoms with E-state index in [1.54, 1.807) is 6.07 Å². The summed E-state index contributed by atoms with van der Waals surface area (Å²) in [5, 5.41) is 9.38.